The Balaban J connectivity index is 0.00000320. The van der Waals surface area contributed by atoms with Crippen molar-refractivity contribution in [1.29, 1.82) is 0 Å². The number of aliphatic imine (C=N–C) groups is 1. The fourth-order valence-electron chi connectivity index (χ4n) is 3.23. The number of ether oxygens (including phenoxy) is 2. The number of morpholine rings is 1. The molecule has 0 aromatic heterocycles. The molecule has 0 aliphatic carbocycles. The first kappa shape index (κ1) is 24.4. The molecule has 1 aliphatic rings. The zero-order valence-electron chi connectivity index (χ0n) is 17.7. The van der Waals surface area contributed by atoms with Gasteiger partial charge in [-0.25, -0.2) is 0 Å². The lowest BCUT2D eigenvalue weighted by molar-refractivity contribution is 0.0389. The van der Waals surface area contributed by atoms with Crippen LogP contribution in [-0.4, -0.2) is 63.8 Å². The van der Waals surface area contributed by atoms with Gasteiger partial charge in [-0.3, -0.25) is 9.89 Å². The standard InChI is InChI=1S/C23H32N4O2.HI/c1-24-23(26-12-13-27-14-16-28-17-15-27)25-11-10-20-8-5-9-22(18-20)29-19-21-6-3-2-4-7-21;/h2-9,18H,10-17,19H2,1H3,(H2,24,25,26);1H. The molecule has 0 amide bonds. The molecule has 6 nitrogen and oxygen atoms in total. The number of guanidine groups is 1. The highest BCUT2D eigenvalue weighted by molar-refractivity contribution is 14.0. The van der Waals surface area contributed by atoms with Crippen molar-refractivity contribution in [3.8, 4) is 5.75 Å². The summed E-state index contributed by atoms with van der Waals surface area (Å²) in [7, 11) is 1.81. The number of hydrogen-bond donors (Lipinski definition) is 2. The summed E-state index contributed by atoms with van der Waals surface area (Å²) in [6.07, 6.45) is 0.909. The van der Waals surface area contributed by atoms with E-state index in [9.17, 15) is 0 Å². The van der Waals surface area contributed by atoms with E-state index in [1.165, 1.54) is 11.1 Å². The molecule has 0 saturated carbocycles. The molecule has 0 spiro atoms. The van der Waals surface area contributed by atoms with Gasteiger partial charge in [-0.05, 0) is 29.7 Å². The van der Waals surface area contributed by atoms with E-state index in [2.05, 4.69) is 44.8 Å². The fourth-order valence-corrected chi connectivity index (χ4v) is 3.23. The van der Waals surface area contributed by atoms with Crippen LogP contribution in [0.3, 0.4) is 0 Å². The van der Waals surface area contributed by atoms with Crippen molar-refractivity contribution in [3.63, 3.8) is 0 Å². The first-order valence-electron chi connectivity index (χ1n) is 10.3. The molecule has 1 aliphatic heterocycles. The molecule has 164 valence electrons. The SMILES string of the molecule is CN=C(NCCc1cccc(OCc2ccccc2)c1)NCCN1CCOCC1.I. The van der Waals surface area contributed by atoms with Crippen molar-refractivity contribution >= 4 is 29.9 Å². The van der Waals surface area contributed by atoms with Gasteiger partial charge in [-0.2, -0.15) is 0 Å². The molecule has 0 bridgehead atoms. The van der Waals surface area contributed by atoms with E-state index in [0.717, 1.165) is 64.1 Å². The smallest absolute Gasteiger partial charge is 0.191 e. The molecule has 0 radical (unpaired) electrons. The molecule has 1 saturated heterocycles. The number of nitrogens with zero attached hydrogens (tertiary/aromatic N) is 2. The highest BCUT2D eigenvalue weighted by Gasteiger charge is 2.09. The highest BCUT2D eigenvalue weighted by atomic mass is 127. The monoisotopic (exact) mass is 524 g/mol. The molecule has 7 heteroatoms. The summed E-state index contributed by atoms with van der Waals surface area (Å²) in [5, 5.41) is 6.77. The predicted octanol–water partition coefficient (Wildman–Crippen LogP) is 2.92. The Kier molecular flexibility index (Phi) is 11.6. The van der Waals surface area contributed by atoms with Crippen molar-refractivity contribution in [2.24, 2.45) is 4.99 Å². The summed E-state index contributed by atoms with van der Waals surface area (Å²) in [6.45, 7) is 6.98. The number of nitrogens with one attached hydrogen (secondary N) is 2. The van der Waals surface area contributed by atoms with E-state index in [0.29, 0.717) is 6.61 Å². The van der Waals surface area contributed by atoms with Gasteiger partial charge in [-0.1, -0.05) is 42.5 Å². The van der Waals surface area contributed by atoms with E-state index in [4.69, 9.17) is 9.47 Å². The van der Waals surface area contributed by atoms with Crippen LogP contribution in [0.15, 0.2) is 59.6 Å². The Labute approximate surface area is 197 Å². The summed E-state index contributed by atoms with van der Waals surface area (Å²) in [5.74, 6) is 1.74. The third-order valence-corrected chi connectivity index (χ3v) is 4.90. The third kappa shape index (κ3) is 8.89. The molecule has 0 unspecified atom stereocenters. The molecule has 2 N–H and O–H groups in total. The van der Waals surface area contributed by atoms with Gasteiger partial charge in [0, 0.05) is 39.8 Å². The van der Waals surface area contributed by atoms with Gasteiger partial charge in [0.05, 0.1) is 13.2 Å². The van der Waals surface area contributed by atoms with Crippen LogP contribution in [0.5, 0.6) is 5.75 Å². The zero-order valence-corrected chi connectivity index (χ0v) is 20.0. The second-order valence-electron chi connectivity index (χ2n) is 7.05. The zero-order chi connectivity index (χ0) is 20.2. The van der Waals surface area contributed by atoms with E-state index in [1.807, 2.05) is 37.4 Å². The Morgan fingerprint density at radius 2 is 1.73 bits per heavy atom. The average Bonchev–Trinajstić information content (AvgIpc) is 2.78. The van der Waals surface area contributed by atoms with Gasteiger partial charge < -0.3 is 20.1 Å². The molecular weight excluding hydrogens is 491 g/mol. The van der Waals surface area contributed by atoms with Crippen LogP contribution in [-0.2, 0) is 17.8 Å². The fraction of sp³-hybridized carbons (Fsp3) is 0.435. The quantitative estimate of drug-likeness (QED) is 0.300. The maximum atomic E-state index is 5.92. The van der Waals surface area contributed by atoms with Crippen LogP contribution in [0.25, 0.3) is 0 Å². The Morgan fingerprint density at radius 1 is 1.00 bits per heavy atom. The minimum atomic E-state index is 0. The highest BCUT2D eigenvalue weighted by Crippen LogP contribution is 2.15. The summed E-state index contributed by atoms with van der Waals surface area (Å²) >= 11 is 0. The second kappa shape index (κ2) is 14.2. The van der Waals surface area contributed by atoms with Gasteiger partial charge in [0.1, 0.15) is 12.4 Å². The first-order chi connectivity index (χ1) is 14.3. The molecule has 1 heterocycles. The summed E-state index contributed by atoms with van der Waals surface area (Å²) < 4.78 is 11.3. The van der Waals surface area contributed by atoms with Gasteiger partial charge in [0.25, 0.3) is 0 Å². The largest absolute Gasteiger partial charge is 0.489 e. The topological polar surface area (TPSA) is 58.1 Å². The van der Waals surface area contributed by atoms with Crippen molar-refractivity contribution in [1.82, 2.24) is 15.5 Å². The molecule has 3 rings (SSSR count). The van der Waals surface area contributed by atoms with Gasteiger partial charge in [0.2, 0.25) is 0 Å². The van der Waals surface area contributed by atoms with Crippen LogP contribution in [0, 0.1) is 0 Å². The first-order valence-corrected chi connectivity index (χ1v) is 10.3. The van der Waals surface area contributed by atoms with E-state index in [1.54, 1.807) is 0 Å². The van der Waals surface area contributed by atoms with E-state index < -0.39 is 0 Å². The van der Waals surface area contributed by atoms with E-state index in [-0.39, 0.29) is 24.0 Å². The Hall–Kier alpha value is -1.84. The van der Waals surface area contributed by atoms with Crippen LogP contribution in [0.1, 0.15) is 11.1 Å². The van der Waals surface area contributed by atoms with Crippen molar-refractivity contribution in [3.05, 3.63) is 65.7 Å². The number of benzene rings is 2. The average molecular weight is 524 g/mol. The number of hydrogen-bond acceptors (Lipinski definition) is 4. The minimum Gasteiger partial charge on any atom is -0.489 e. The Bertz CT molecular complexity index is 752. The van der Waals surface area contributed by atoms with Crippen LogP contribution >= 0.6 is 24.0 Å². The van der Waals surface area contributed by atoms with Crippen molar-refractivity contribution in [2.45, 2.75) is 13.0 Å². The van der Waals surface area contributed by atoms with Gasteiger partial charge in [-0.15, -0.1) is 24.0 Å². The molecule has 30 heavy (non-hydrogen) atoms. The summed E-state index contributed by atoms with van der Waals surface area (Å²) in [6, 6.07) is 18.5. The molecule has 2 aromatic rings. The molecule has 0 atom stereocenters. The lowest BCUT2D eigenvalue weighted by Gasteiger charge is -2.26. The lowest BCUT2D eigenvalue weighted by Crippen LogP contribution is -2.44. The van der Waals surface area contributed by atoms with Crippen LogP contribution in [0.2, 0.25) is 0 Å². The lowest BCUT2D eigenvalue weighted by atomic mass is 10.1. The molecular formula is C23H33IN4O2. The van der Waals surface area contributed by atoms with Gasteiger partial charge >= 0.3 is 0 Å². The third-order valence-electron chi connectivity index (χ3n) is 4.90. The summed E-state index contributed by atoms with van der Waals surface area (Å²) in [5.41, 5.74) is 2.42. The molecule has 2 aromatic carbocycles. The normalized spacial score (nSPS) is 14.6. The van der Waals surface area contributed by atoms with Crippen LogP contribution in [0.4, 0.5) is 0 Å². The number of rotatable bonds is 9. The maximum Gasteiger partial charge on any atom is 0.191 e. The summed E-state index contributed by atoms with van der Waals surface area (Å²) in [4.78, 5) is 6.72. The van der Waals surface area contributed by atoms with Crippen molar-refractivity contribution in [2.75, 3.05) is 53.0 Å². The van der Waals surface area contributed by atoms with Gasteiger partial charge in [0.15, 0.2) is 5.96 Å². The number of halogens is 1. The minimum absolute atomic E-state index is 0. The second-order valence-corrected chi connectivity index (χ2v) is 7.05. The maximum absolute atomic E-state index is 5.92. The molecule has 1 fully saturated rings. The van der Waals surface area contributed by atoms with Crippen LogP contribution < -0.4 is 15.4 Å². The van der Waals surface area contributed by atoms with Crippen molar-refractivity contribution < 1.29 is 9.47 Å². The Morgan fingerprint density at radius 3 is 2.50 bits per heavy atom. The predicted molar refractivity (Wildman–Crippen MR) is 133 cm³/mol. The van der Waals surface area contributed by atoms with E-state index >= 15 is 0 Å².